The summed E-state index contributed by atoms with van der Waals surface area (Å²) < 4.78 is 9.87. The molecule has 0 fully saturated rings. The molecule has 0 aliphatic heterocycles. The zero-order valence-corrected chi connectivity index (χ0v) is 13.0. The molecule has 122 valence electrons. The number of hydrogen-bond donors (Lipinski definition) is 1. The molecule has 23 heavy (non-hydrogen) atoms. The summed E-state index contributed by atoms with van der Waals surface area (Å²) >= 11 is 0. The monoisotopic (exact) mass is 317 g/mol. The molecule has 0 saturated heterocycles. The molecule has 0 saturated carbocycles. The quantitative estimate of drug-likeness (QED) is 0.259. The third kappa shape index (κ3) is 7.14. The second-order valence-electron chi connectivity index (χ2n) is 4.64. The lowest BCUT2D eigenvalue weighted by molar-refractivity contribution is -0.150. The van der Waals surface area contributed by atoms with Crippen LogP contribution in [-0.4, -0.2) is 31.0 Å². The number of unbranched alkanes of at least 4 members (excludes halogenated alkanes) is 1. The van der Waals surface area contributed by atoms with Crippen molar-refractivity contribution in [2.24, 2.45) is 0 Å². The molecule has 0 bridgehead atoms. The maximum absolute atomic E-state index is 11.6. The molecule has 1 aromatic carbocycles. The first-order valence-corrected chi connectivity index (χ1v) is 7.24. The van der Waals surface area contributed by atoms with Gasteiger partial charge in [-0.25, -0.2) is 0 Å². The predicted molar refractivity (Wildman–Crippen MR) is 83.7 cm³/mol. The van der Waals surface area contributed by atoms with Crippen molar-refractivity contribution in [3.05, 3.63) is 29.8 Å². The maximum atomic E-state index is 11.6. The number of nitrogens with one attached hydrogen (secondary N) is 1. The molecular formula is C17H19NO5. The highest BCUT2D eigenvalue weighted by Gasteiger charge is 2.13. The number of amides is 1. The van der Waals surface area contributed by atoms with Crippen molar-refractivity contribution in [2.75, 3.05) is 13.2 Å². The largest absolute Gasteiger partial charge is 0.465 e. The number of ether oxygens (including phenoxy) is 2. The van der Waals surface area contributed by atoms with Crippen molar-refractivity contribution in [2.45, 2.75) is 26.2 Å². The van der Waals surface area contributed by atoms with Crippen molar-refractivity contribution in [3.63, 3.8) is 0 Å². The van der Waals surface area contributed by atoms with E-state index in [4.69, 9.17) is 15.9 Å². The van der Waals surface area contributed by atoms with Crippen molar-refractivity contribution < 1.29 is 23.9 Å². The Bertz CT molecular complexity index is 586. The first-order valence-electron chi connectivity index (χ1n) is 7.24. The van der Waals surface area contributed by atoms with E-state index in [1.165, 1.54) is 24.3 Å². The molecule has 1 aromatic rings. The lowest BCUT2D eigenvalue weighted by atomic mass is 10.2. The van der Waals surface area contributed by atoms with Crippen molar-refractivity contribution >= 4 is 17.8 Å². The summed E-state index contributed by atoms with van der Waals surface area (Å²) in [6.07, 6.45) is 6.26. The Morgan fingerprint density at radius 2 is 1.87 bits per heavy atom. The third-order valence-corrected chi connectivity index (χ3v) is 2.75. The fourth-order valence-electron chi connectivity index (χ4n) is 1.57. The third-order valence-electron chi connectivity index (χ3n) is 2.75. The highest BCUT2D eigenvalue weighted by atomic mass is 16.6. The van der Waals surface area contributed by atoms with Crippen LogP contribution in [0, 0.1) is 12.3 Å². The molecule has 0 aliphatic rings. The molecule has 0 atom stereocenters. The lowest BCUT2D eigenvalue weighted by Crippen LogP contribution is -2.23. The number of benzene rings is 1. The van der Waals surface area contributed by atoms with Crippen LogP contribution >= 0.6 is 0 Å². The summed E-state index contributed by atoms with van der Waals surface area (Å²) in [5, 5.41) is 2.52. The first-order chi connectivity index (χ1) is 11.1. The van der Waals surface area contributed by atoms with Gasteiger partial charge in [-0.3, -0.25) is 14.4 Å². The average molecular weight is 317 g/mol. The van der Waals surface area contributed by atoms with Gasteiger partial charge in [0.05, 0.1) is 13.2 Å². The van der Waals surface area contributed by atoms with E-state index < -0.39 is 18.4 Å². The molecule has 0 heterocycles. The SMILES string of the molecule is C#CCNC(=O)c1ccc(OC(=O)CC(=O)OCCCC)cc1. The Labute approximate surface area is 135 Å². The van der Waals surface area contributed by atoms with Crippen LogP contribution in [0.5, 0.6) is 5.75 Å². The minimum absolute atomic E-state index is 0.135. The molecule has 6 heteroatoms. The van der Waals surface area contributed by atoms with E-state index in [0.29, 0.717) is 12.2 Å². The number of rotatable bonds is 8. The molecule has 1 amide bonds. The normalized spacial score (nSPS) is 9.57. The molecule has 6 nitrogen and oxygen atoms in total. The zero-order valence-electron chi connectivity index (χ0n) is 13.0. The minimum atomic E-state index is -0.712. The highest BCUT2D eigenvalue weighted by molar-refractivity contribution is 5.95. The number of carbonyl (C=O) groups excluding carboxylic acids is 3. The molecular weight excluding hydrogens is 298 g/mol. The molecule has 1 rings (SSSR count). The minimum Gasteiger partial charge on any atom is -0.465 e. The average Bonchev–Trinajstić information content (AvgIpc) is 2.53. The smallest absolute Gasteiger partial charge is 0.322 e. The van der Waals surface area contributed by atoms with E-state index in [1.54, 1.807) is 0 Å². The van der Waals surface area contributed by atoms with E-state index >= 15 is 0 Å². The lowest BCUT2D eigenvalue weighted by Gasteiger charge is -2.06. The molecule has 0 aromatic heterocycles. The van der Waals surface area contributed by atoms with Crippen LogP contribution in [0.4, 0.5) is 0 Å². The number of esters is 2. The van der Waals surface area contributed by atoms with Gasteiger partial charge in [0.1, 0.15) is 12.2 Å². The van der Waals surface area contributed by atoms with Gasteiger partial charge in [0.2, 0.25) is 0 Å². The Balaban J connectivity index is 2.45. The molecule has 0 aliphatic carbocycles. The van der Waals surface area contributed by atoms with Crippen LogP contribution in [0.15, 0.2) is 24.3 Å². The van der Waals surface area contributed by atoms with Gasteiger partial charge in [0.25, 0.3) is 5.91 Å². The Morgan fingerprint density at radius 3 is 2.48 bits per heavy atom. The van der Waals surface area contributed by atoms with E-state index in [2.05, 4.69) is 11.2 Å². The second-order valence-corrected chi connectivity index (χ2v) is 4.64. The predicted octanol–water partition coefficient (Wildman–Crippen LogP) is 1.69. The second kappa shape index (κ2) is 10.0. The highest BCUT2D eigenvalue weighted by Crippen LogP contribution is 2.13. The van der Waals surface area contributed by atoms with E-state index in [1.807, 2.05) is 6.92 Å². The molecule has 0 radical (unpaired) electrons. The van der Waals surface area contributed by atoms with Gasteiger partial charge in [-0.1, -0.05) is 19.3 Å². The summed E-state index contributed by atoms with van der Waals surface area (Å²) in [4.78, 5) is 34.6. The standard InChI is InChI=1S/C17H19NO5/c1-3-5-11-22-15(19)12-16(20)23-14-8-6-13(7-9-14)17(21)18-10-4-2/h2,6-9H,3,5,10-12H2,1H3,(H,18,21). The summed E-state index contributed by atoms with van der Waals surface area (Å²) in [6.45, 7) is 2.40. The van der Waals surface area contributed by atoms with Gasteiger partial charge < -0.3 is 14.8 Å². The van der Waals surface area contributed by atoms with Crippen LogP contribution in [0.1, 0.15) is 36.5 Å². The van der Waals surface area contributed by atoms with Gasteiger partial charge in [0.15, 0.2) is 0 Å². The fraction of sp³-hybridized carbons (Fsp3) is 0.353. The van der Waals surface area contributed by atoms with Gasteiger partial charge in [0, 0.05) is 5.56 Å². The van der Waals surface area contributed by atoms with Crippen LogP contribution in [0.25, 0.3) is 0 Å². The molecule has 0 spiro atoms. The summed E-state index contributed by atoms with van der Waals surface area (Å²) in [6, 6.07) is 5.91. The summed E-state index contributed by atoms with van der Waals surface area (Å²) in [7, 11) is 0. The van der Waals surface area contributed by atoms with Gasteiger partial charge in [-0.2, -0.15) is 0 Å². The van der Waals surface area contributed by atoms with Crippen molar-refractivity contribution in [3.8, 4) is 18.1 Å². The van der Waals surface area contributed by atoms with Crippen LogP contribution < -0.4 is 10.1 Å². The Hall–Kier alpha value is -2.81. The van der Waals surface area contributed by atoms with E-state index in [-0.39, 0.29) is 18.2 Å². The Kier molecular flexibility index (Phi) is 7.94. The first kappa shape index (κ1) is 18.2. The van der Waals surface area contributed by atoms with Crippen LogP contribution in [0.3, 0.4) is 0 Å². The number of terminal acetylenes is 1. The maximum Gasteiger partial charge on any atom is 0.322 e. The summed E-state index contributed by atoms with van der Waals surface area (Å²) in [5.74, 6) is 0.890. The van der Waals surface area contributed by atoms with Crippen molar-refractivity contribution in [1.29, 1.82) is 0 Å². The fourth-order valence-corrected chi connectivity index (χ4v) is 1.57. The van der Waals surface area contributed by atoms with Crippen LogP contribution in [-0.2, 0) is 14.3 Å². The Morgan fingerprint density at radius 1 is 1.17 bits per heavy atom. The summed E-state index contributed by atoms with van der Waals surface area (Å²) in [5.41, 5.74) is 0.388. The van der Waals surface area contributed by atoms with Gasteiger partial charge >= 0.3 is 11.9 Å². The molecule has 1 N–H and O–H groups in total. The van der Waals surface area contributed by atoms with Crippen LogP contribution in [0.2, 0.25) is 0 Å². The van der Waals surface area contributed by atoms with Gasteiger partial charge in [-0.05, 0) is 30.7 Å². The van der Waals surface area contributed by atoms with E-state index in [0.717, 1.165) is 12.8 Å². The number of carbonyl (C=O) groups is 3. The topological polar surface area (TPSA) is 81.7 Å². The van der Waals surface area contributed by atoms with E-state index in [9.17, 15) is 14.4 Å². The zero-order chi connectivity index (χ0) is 17.1. The van der Waals surface area contributed by atoms with Crippen molar-refractivity contribution in [1.82, 2.24) is 5.32 Å². The molecule has 0 unspecified atom stereocenters. The van der Waals surface area contributed by atoms with Gasteiger partial charge in [-0.15, -0.1) is 6.42 Å². The number of hydrogen-bond acceptors (Lipinski definition) is 5.